The van der Waals surface area contributed by atoms with Crippen molar-refractivity contribution < 1.29 is 9.59 Å². The van der Waals surface area contributed by atoms with Gasteiger partial charge < -0.3 is 10.6 Å². The van der Waals surface area contributed by atoms with Crippen LogP contribution in [-0.2, 0) is 17.9 Å². The van der Waals surface area contributed by atoms with E-state index in [1.807, 2.05) is 41.2 Å². The molecule has 2 N–H and O–H groups in total. The zero-order valence-electron chi connectivity index (χ0n) is 14.6. The lowest BCUT2D eigenvalue weighted by Gasteiger charge is -2.11. The largest absolute Gasteiger partial charge is 0.350 e. The Bertz CT molecular complexity index is 925. The van der Waals surface area contributed by atoms with Crippen molar-refractivity contribution in [2.24, 2.45) is 0 Å². The Morgan fingerprint density at radius 1 is 0.963 bits per heavy atom. The molecule has 3 rings (SSSR count). The van der Waals surface area contributed by atoms with Crippen LogP contribution in [0.3, 0.4) is 0 Å². The first-order valence-electron chi connectivity index (χ1n) is 8.47. The van der Waals surface area contributed by atoms with Crippen LogP contribution < -0.4 is 10.6 Å². The summed E-state index contributed by atoms with van der Waals surface area (Å²) in [4.78, 5) is 24.2. The Balaban J connectivity index is 1.52. The Kier molecular flexibility index (Phi) is 6.22. The van der Waals surface area contributed by atoms with E-state index in [1.54, 1.807) is 30.5 Å². The molecule has 0 bridgehead atoms. The van der Waals surface area contributed by atoms with Crippen molar-refractivity contribution in [1.29, 1.82) is 0 Å². The van der Waals surface area contributed by atoms with E-state index >= 15 is 0 Å². The fourth-order valence-corrected chi connectivity index (χ4v) is 2.83. The maximum atomic E-state index is 12.1. The summed E-state index contributed by atoms with van der Waals surface area (Å²) in [5, 5.41) is 9.95. The summed E-state index contributed by atoms with van der Waals surface area (Å²) in [6, 6.07) is 16.4. The van der Waals surface area contributed by atoms with Gasteiger partial charge in [0.15, 0.2) is 0 Å². The van der Waals surface area contributed by atoms with Crippen molar-refractivity contribution in [1.82, 2.24) is 20.4 Å². The fraction of sp³-hybridized carbons (Fsp3) is 0.150. The predicted molar refractivity (Wildman–Crippen MR) is 103 cm³/mol. The molecule has 1 aromatic heterocycles. The van der Waals surface area contributed by atoms with Crippen molar-refractivity contribution in [3.8, 4) is 0 Å². The van der Waals surface area contributed by atoms with Crippen LogP contribution in [0.2, 0.25) is 5.02 Å². The quantitative estimate of drug-likeness (QED) is 0.659. The Morgan fingerprint density at radius 2 is 1.70 bits per heavy atom. The van der Waals surface area contributed by atoms with Crippen LogP contribution in [0.25, 0.3) is 0 Å². The van der Waals surface area contributed by atoms with E-state index < -0.39 is 0 Å². The van der Waals surface area contributed by atoms with E-state index in [0.29, 0.717) is 23.7 Å². The second-order valence-corrected chi connectivity index (χ2v) is 6.32. The van der Waals surface area contributed by atoms with Crippen LogP contribution in [0.4, 0.5) is 0 Å². The highest BCUT2D eigenvalue weighted by molar-refractivity contribution is 6.33. The third-order valence-corrected chi connectivity index (χ3v) is 4.34. The molecule has 0 fully saturated rings. The van der Waals surface area contributed by atoms with Crippen LogP contribution in [-0.4, -0.2) is 28.1 Å². The minimum Gasteiger partial charge on any atom is -0.350 e. The Morgan fingerprint density at radius 3 is 2.44 bits per heavy atom. The summed E-state index contributed by atoms with van der Waals surface area (Å²) >= 11 is 5.98. The van der Waals surface area contributed by atoms with Crippen molar-refractivity contribution in [2.45, 2.75) is 13.1 Å². The van der Waals surface area contributed by atoms with Gasteiger partial charge in [-0.25, -0.2) is 0 Å². The Labute approximate surface area is 162 Å². The molecule has 27 heavy (non-hydrogen) atoms. The molecule has 0 radical (unpaired) electrons. The number of halogens is 1. The number of carbonyl (C=O) groups is 2. The standard InChI is InChI=1S/C20H19ClN4O2/c21-18-9-4-3-8-17(18)20(27)23-13-19(26)22-12-15-6-1-2-7-16(15)14-25-11-5-10-24-25/h1-11H,12-14H2,(H,22,26)(H,23,27). The number of carbonyl (C=O) groups excluding carboxylic acids is 2. The smallest absolute Gasteiger partial charge is 0.253 e. The maximum absolute atomic E-state index is 12.1. The minimum atomic E-state index is -0.380. The summed E-state index contributed by atoms with van der Waals surface area (Å²) in [7, 11) is 0. The predicted octanol–water partition coefficient (Wildman–Crippen LogP) is 2.63. The van der Waals surface area contributed by atoms with Gasteiger partial charge in [-0.3, -0.25) is 14.3 Å². The van der Waals surface area contributed by atoms with Crippen LogP contribution in [0.15, 0.2) is 67.0 Å². The molecule has 6 nitrogen and oxygen atoms in total. The van der Waals surface area contributed by atoms with E-state index in [1.165, 1.54) is 0 Å². The van der Waals surface area contributed by atoms with Gasteiger partial charge in [-0.15, -0.1) is 0 Å². The van der Waals surface area contributed by atoms with Crippen LogP contribution >= 0.6 is 11.6 Å². The van der Waals surface area contributed by atoms with Gasteiger partial charge in [0, 0.05) is 18.9 Å². The summed E-state index contributed by atoms with van der Waals surface area (Å²) in [6.07, 6.45) is 3.62. The van der Waals surface area contributed by atoms with Crippen LogP contribution in [0.5, 0.6) is 0 Å². The first kappa shape index (κ1) is 18.7. The molecule has 0 aliphatic heterocycles. The molecule has 1 heterocycles. The van der Waals surface area contributed by atoms with Gasteiger partial charge in [0.2, 0.25) is 5.91 Å². The van der Waals surface area contributed by atoms with Crippen molar-refractivity contribution in [3.05, 3.63) is 88.7 Å². The third-order valence-electron chi connectivity index (χ3n) is 4.01. The molecular weight excluding hydrogens is 364 g/mol. The number of amides is 2. The van der Waals surface area contributed by atoms with Crippen LogP contribution in [0, 0.1) is 0 Å². The average Bonchev–Trinajstić information content (AvgIpc) is 3.19. The highest BCUT2D eigenvalue weighted by atomic mass is 35.5. The molecule has 0 aliphatic carbocycles. The zero-order chi connectivity index (χ0) is 19.1. The van der Waals surface area contributed by atoms with Gasteiger partial charge in [-0.1, -0.05) is 48.0 Å². The number of nitrogens with one attached hydrogen (secondary N) is 2. The minimum absolute atomic E-state index is 0.120. The number of benzene rings is 2. The van der Waals surface area contributed by atoms with E-state index in [9.17, 15) is 9.59 Å². The van der Waals surface area contributed by atoms with E-state index in [0.717, 1.165) is 11.1 Å². The van der Waals surface area contributed by atoms with Crippen LogP contribution in [0.1, 0.15) is 21.5 Å². The highest BCUT2D eigenvalue weighted by Crippen LogP contribution is 2.14. The first-order chi connectivity index (χ1) is 13.1. The van der Waals surface area contributed by atoms with Gasteiger partial charge in [0.05, 0.1) is 23.7 Å². The highest BCUT2D eigenvalue weighted by Gasteiger charge is 2.11. The normalized spacial score (nSPS) is 10.4. The molecule has 2 amide bonds. The summed E-state index contributed by atoms with van der Waals surface area (Å²) in [5.74, 6) is -0.654. The van der Waals surface area contributed by atoms with Gasteiger partial charge >= 0.3 is 0 Å². The lowest BCUT2D eigenvalue weighted by atomic mass is 10.1. The van der Waals surface area contributed by atoms with E-state index in [2.05, 4.69) is 15.7 Å². The molecule has 0 spiro atoms. The molecule has 0 aliphatic rings. The molecule has 0 unspecified atom stereocenters. The number of nitrogens with zero attached hydrogens (tertiary/aromatic N) is 2. The van der Waals surface area contributed by atoms with E-state index in [4.69, 9.17) is 11.6 Å². The van der Waals surface area contributed by atoms with Crippen molar-refractivity contribution in [3.63, 3.8) is 0 Å². The fourth-order valence-electron chi connectivity index (χ4n) is 2.61. The van der Waals surface area contributed by atoms with Crippen molar-refractivity contribution in [2.75, 3.05) is 6.54 Å². The summed E-state index contributed by atoms with van der Waals surface area (Å²) in [5.41, 5.74) is 2.41. The lowest BCUT2D eigenvalue weighted by molar-refractivity contribution is -0.120. The molecule has 138 valence electrons. The molecule has 0 saturated carbocycles. The molecule has 3 aromatic rings. The molecular formula is C20H19ClN4O2. The lowest BCUT2D eigenvalue weighted by Crippen LogP contribution is -2.36. The van der Waals surface area contributed by atoms with Gasteiger partial charge in [0.1, 0.15) is 0 Å². The SMILES string of the molecule is O=C(CNC(=O)c1ccccc1Cl)NCc1ccccc1Cn1cccn1. The monoisotopic (exact) mass is 382 g/mol. The average molecular weight is 383 g/mol. The number of rotatable bonds is 7. The topological polar surface area (TPSA) is 76.0 Å². The van der Waals surface area contributed by atoms with Gasteiger partial charge in [0.25, 0.3) is 5.91 Å². The van der Waals surface area contributed by atoms with E-state index in [-0.39, 0.29) is 18.4 Å². The summed E-state index contributed by atoms with van der Waals surface area (Å²) < 4.78 is 1.82. The third kappa shape index (κ3) is 5.18. The zero-order valence-corrected chi connectivity index (χ0v) is 15.3. The molecule has 2 aromatic carbocycles. The molecule has 0 atom stereocenters. The number of aromatic nitrogens is 2. The second kappa shape index (κ2) is 9.00. The molecule has 0 saturated heterocycles. The molecule has 7 heteroatoms. The van der Waals surface area contributed by atoms with Gasteiger partial charge in [-0.2, -0.15) is 5.10 Å². The Hall–Kier alpha value is -3.12. The number of hydrogen-bond acceptors (Lipinski definition) is 3. The van der Waals surface area contributed by atoms with Gasteiger partial charge in [-0.05, 0) is 29.3 Å². The first-order valence-corrected chi connectivity index (χ1v) is 8.85. The summed E-state index contributed by atoms with van der Waals surface area (Å²) in [6.45, 7) is 0.881. The van der Waals surface area contributed by atoms with Crippen molar-refractivity contribution >= 4 is 23.4 Å². The number of hydrogen-bond donors (Lipinski definition) is 2. The second-order valence-electron chi connectivity index (χ2n) is 5.91. The maximum Gasteiger partial charge on any atom is 0.253 e.